The van der Waals surface area contributed by atoms with Crippen molar-refractivity contribution in [1.82, 2.24) is 19.7 Å². The molecule has 1 atom stereocenters. The first-order valence-electron chi connectivity index (χ1n) is 11.3. The molecule has 0 radical (unpaired) electrons. The summed E-state index contributed by atoms with van der Waals surface area (Å²) in [4.78, 5) is 19.7. The maximum absolute atomic E-state index is 13.2. The molecule has 2 fully saturated rings. The Bertz CT molecular complexity index is 1220. The van der Waals surface area contributed by atoms with Crippen molar-refractivity contribution < 1.29 is 17.6 Å². The van der Waals surface area contributed by atoms with Gasteiger partial charge in [-0.05, 0) is 43.4 Å². The Morgan fingerprint density at radius 3 is 2.56 bits per heavy atom. The molecule has 3 aromatic rings. The van der Waals surface area contributed by atoms with Crippen LogP contribution in [0.25, 0.3) is 11.1 Å². The molecular weight excluding hydrogens is 428 g/mol. The van der Waals surface area contributed by atoms with Crippen molar-refractivity contribution in [3.8, 4) is 0 Å². The van der Waals surface area contributed by atoms with Crippen LogP contribution in [0.4, 0.5) is 0 Å². The second-order valence-electron chi connectivity index (χ2n) is 9.20. The highest BCUT2D eigenvalue weighted by molar-refractivity contribution is 7.91. The van der Waals surface area contributed by atoms with Crippen LogP contribution < -0.4 is 0 Å². The lowest BCUT2D eigenvalue weighted by atomic mass is 9.96. The van der Waals surface area contributed by atoms with Crippen molar-refractivity contribution >= 4 is 26.8 Å². The topological polar surface area (TPSA) is 98.3 Å². The van der Waals surface area contributed by atoms with Gasteiger partial charge in [-0.1, -0.05) is 26.0 Å². The quantitative estimate of drug-likeness (QED) is 0.596. The molecule has 8 nitrogen and oxygen atoms in total. The maximum Gasteiger partial charge on any atom is 0.274 e. The average Bonchev–Trinajstić information content (AvgIpc) is 3.49. The molecule has 1 aromatic carbocycles. The molecule has 2 aromatic heterocycles. The summed E-state index contributed by atoms with van der Waals surface area (Å²) in [5.41, 5.74) is 2.97. The van der Waals surface area contributed by atoms with Crippen LogP contribution in [0.2, 0.25) is 0 Å². The highest BCUT2D eigenvalue weighted by atomic mass is 32.2. The number of para-hydroxylation sites is 2. The van der Waals surface area contributed by atoms with Crippen molar-refractivity contribution in [1.29, 1.82) is 0 Å². The molecule has 4 heterocycles. The Morgan fingerprint density at radius 1 is 1.16 bits per heavy atom. The number of amides is 1. The van der Waals surface area contributed by atoms with E-state index in [9.17, 15) is 13.2 Å². The van der Waals surface area contributed by atoms with Crippen molar-refractivity contribution in [2.24, 2.45) is 0 Å². The minimum Gasteiger partial charge on any atom is -0.440 e. The van der Waals surface area contributed by atoms with Gasteiger partial charge < -0.3 is 9.32 Å². The fraction of sp³-hybridized carbons (Fsp3) is 0.522. The summed E-state index contributed by atoms with van der Waals surface area (Å²) in [6, 6.07) is 9.39. The molecule has 5 rings (SSSR count). The number of aromatic nitrogens is 3. The number of nitrogens with zero attached hydrogens (tertiary/aromatic N) is 4. The second-order valence-corrected chi connectivity index (χ2v) is 11.4. The van der Waals surface area contributed by atoms with Crippen LogP contribution in [0.5, 0.6) is 0 Å². The molecule has 0 saturated carbocycles. The van der Waals surface area contributed by atoms with Gasteiger partial charge in [0.2, 0.25) is 0 Å². The lowest BCUT2D eigenvalue weighted by molar-refractivity contribution is 0.0699. The number of fused-ring (bicyclic) bond motifs is 1. The zero-order valence-electron chi connectivity index (χ0n) is 18.4. The number of oxazole rings is 1. The van der Waals surface area contributed by atoms with E-state index in [0.717, 1.165) is 35.5 Å². The number of likely N-dealkylation sites (tertiary alicyclic amines) is 1. The summed E-state index contributed by atoms with van der Waals surface area (Å²) >= 11 is 0. The van der Waals surface area contributed by atoms with Crippen LogP contribution in [0.1, 0.15) is 73.1 Å². The molecular formula is C23H28N4O4S. The van der Waals surface area contributed by atoms with Crippen LogP contribution in [-0.2, 0) is 9.84 Å². The SMILES string of the molecule is CC(C)c1cc(C(=O)N2CCC(c3nc4ccccc4o3)CC2)nn1[C@H]1CCS(=O)(=O)C1. The molecule has 2 aliphatic rings. The molecule has 0 aliphatic carbocycles. The molecule has 0 N–H and O–H groups in total. The summed E-state index contributed by atoms with van der Waals surface area (Å²) in [6.45, 7) is 5.31. The predicted octanol–water partition coefficient (Wildman–Crippen LogP) is 3.53. The number of hydrogen-bond acceptors (Lipinski definition) is 6. The molecule has 170 valence electrons. The smallest absolute Gasteiger partial charge is 0.274 e. The largest absolute Gasteiger partial charge is 0.440 e. The van der Waals surface area contributed by atoms with Crippen LogP contribution in [-0.4, -0.2) is 58.6 Å². The average molecular weight is 457 g/mol. The standard InChI is InChI=1S/C23H28N4O4S/c1-15(2)20-13-19(25-27(20)17-9-12-32(29,30)14-17)23(28)26-10-7-16(8-11-26)22-24-18-5-3-4-6-21(18)31-22/h3-6,13,15-17H,7-12,14H2,1-2H3/t17-/m0/s1. The zero-order chi connectivity index (χ0) is 22.5. The number of piperidine rings is 1. The lowest BCUT2D eigenvalue weighted by Crippen LogP contribution is -2.38. The van der Waals surface area contributed by atoms with E-state index in [1.54, 1.807) is 4.68 Å². The summed E-state index contributed by atoms with van der Waals surface area (Å²) in [7, 11) is -3.03. The van der Waals surface area contributed by atoms with Crippen LogP contribution in [0.3, 0.4) is 0 Å². The molecule has 2 aliphatic heterocycles. The molecule has 0 spiro atoms. The van der Waals surface area contributed by atoms with Crippen LogP contribution >= 0.6 is 0 Å². The van der Waals surface area contributed by atoms with E-state index in [-0.39, 0.29) is 35.3 Å². The van der Waals surface area contributed by atoms with E-state index in [4.69, 9.17) is 4.42 Å². The van der Waals surface area contributed by atoms with Gasteiger partial charge in [0.25, 0.3) is 5.91 Å². The molecule has 0 bridgehead atoms. The fourth-order valence-electron chi connectivity index (χ4n) is 4.76. The third-order valence-electron chi connectivity index (χ3n) is 6.57. The van der Waals surface area contributed by atoms with Gasteiger partial charge in [-0.15, -0.1) is 0 Å². The minimum atomic E-state index is -3.03. The highest BCUT2D eigenvalue weighted by Crippen LogP contribution is 2.32. The van der Waals surface area contributed by atoms with Crippen LogP contribution in [0.15, 0.2) is 34.7 Å². The zero-order valence-corrected chi connectivity index (χ0v) is 19.2. The van der Waals surface area contributed by atoms with Gasteiger partial charge in [-0.3, -0.25) is 9.48 Å². The predicted molar refractivity (Wildman–Crippen MR) is 121 cm³/mol. The normalized spacial score (nSPS) is 21.6. The van der Waals surface area contributed by atoms with Gasteiger partial charge in [0.15, 0.2) is 27.0 Å². The molecule has 9 heteroatoms. The van der Waals surface area contributed by atoms with E-state index in [1.807, 2.05) is 49.1 Å². The van der Waals surface area contributed by atoms with Gasteiger partial charge in [-0.2, -0.15) is 5.10 Å². The molecule has 0 unspecified atom stereocenters. The van der Waals surface area contributed by atoms with E-state index in [2.05, 4.69) is 10.1 Å². The number of hydrogen-bond donors (Lipinski definition) is 0. The second kappa shape index (κ2) is 8.03. The summed E-state index contributed by atoms with van der Waals surface area (Å²) in [5.74, 6) is 1.27. The fourth-order valence-corrected chi connectivity index (χ4v) is 6.45. The van der Waals surface area contributed by atoms with E-state index in [1.165, 1.54) is 0 Å². The number of sulfone groups is 1. The Kier molecular flexibility index (Phi) is 5.31. The van der Waals surface area contributed by atoms with Gasteiger partial charge in [-0.25, -0.2) is 13.4 Å². The first-order chi connectivity index (χ1) is 15.3. The number of benzene rings is 1. The monoisotopic (exact) mass is 456 g/mol. The van der Waals surface area contributed by atoms with Gasteiger partial charge >= 0.3 is 0 Å². The number of carbonyl (C=O) groups excluding carboxylic acids is 1. The highest BCUT2D eigenvalue weighted by Gasteiger charge is 2.34. The minimum absolute atomic E-state index is 0.0949. The van der Waals surface area contributed by atoms with Crippen molar-refractivity contribution in [3.63, 3.8) is 0 Å². The van der Waals surface area contributed by atoms with Crippen LogP contribution in [0, 0.1) is 0 Å². The Balaban J connectivity index is 1.30. The maximum atomic E-state index is 13.2. The van der Waals surface area contributed by atoms with E-state index in [0.29, 0.717) is 25.2 Å². The van der Waals surface area contributed by atoms with Gasteiger partial charge in [0.1, 0.15) is 5.52 Å². The van der Waals surface area contributed by atoms with E-state index < -0.39 is 9.84 Å². The summed E-state index contributed by atoms with van der Waals surface area (Å²) < 4.78 is 31.6. The lowest BCUT2D eigenvalue weighted by Gasteiger charge is -2.30. The van der Waals surface area contributed by atoms with E-state index >= 15 is 0 Å². The van der Waals surface area contributed by atoms with Gasteiger partial charge in [0, 0.05) is 24.7 Å². The number of carbonyl (C=O) groups is 1. The Labute approximate surface area is 187 Å². The third kappa shape index (κ3) is 3.94. The molecule has 1 amide bonds. The molecule has 32 heavy (non-hydrogen) atoms. The Hall–Kier alpha value is -2.68. The van der Waals surface area contributed by atoms with Crippen molar-refractivity contribution in [2.45, 2.75) is 51.0 Å². The summed E-state index contributed by atoms with van der Waals surface area (Å²) in [5, 5.41) is 4.59. The summed E-state index contributed by atoms with van der Waals surface area (Å²) in [6.07, 6.45) is 2.13. The van der Waals surface area contributed by atoms with Crippen molar-refractivity contribution in [2.75, 3.05) is 24.6 Å². The first kappa shape index (κ1) is 21.2. The Morgan fingerprint density at radius 2 is 1.91 bits per heavy atom. The van der Waals surface area contributed by atoms with Gasteiger partial charge in [0.05, 0.1) is 17.5 Å². The third-order valence-corrected chi connectivity index (χ3v) is 8.32. The first-order valence-corrected chi connectivity index (χ1v) is 13.1. The van der Waals surface area contributed by atoms with Crippen molar-refractivity contribution in [3.05, 3.63) is 47.6 Å². The molecule has 2 saturated heterocycles. The number of rotatable bonds is 4.